The van der Waals surface area contributed by atoms with Gasteiger partial charge in [-0.2, -0.15) is 0 Å². The lowest BCUT2D eigenvalue weighted by Gasteiger charge is -2.25. The number of fused-ring (bicyclic) bond motifs is 1. The Labute approximate surface area is 206 Å². The van der Waals surface area contributed by atoms with Gasteiger partial charge in [-0.25, -0.2) is 4.98 Å². The van der Waals surface area contributed by atoms with Gasteiger partial charge in [0.25, 0.3) is 0 Å². The number of benzene rings is 3. The van der Waals surface area contributed by atoms with Crippen LogP contribution in [0.3, 0.4) is 0 Å². The maximum atomic E-state index is 13.0. The summed E-state index contributed by atoms with van der Waals surface area (Å²) in [5.74, 6) is 2.72. The zero-order valence-corrected chi connectivity index (χ0v) is 20.3. The minimum absolute atomic E-state index is 0.0424. The van der Waals surface area contributed by atoms with Gasteiger partial charge in [0.15, 0.2) is 11.5 Å². The monoisotopic (exact) mass is 469 g/mol. The van der Waals surface area contributed by atoms with Gasteiger partial charge in [-0.15, -0.1) is 0 Å². The third kappa shape index (κ3) is 4.74. The number of hydrogen-bond donors (Lipinski definition) is 0. The number of nitrogens with zero attached hydrogens (tertiary/aromatic N) is 3. The number of likely N-dealkylation sites (tertiary alicyclic amines) is 1. The molecule has 1 aliphatic heterocycles. The second-order valence-electron chi connectivity index (χ2n) is 9.00. The van der Waals surface area contributed by atoms with Crippen molar-refractivity contribution in [2.24, 2.45) is 0 Å². The summed E-state index contributed by atoms with van der Waals surface area (Å²) in [6, 6.07) is 26.2. The summed E-state index contributed by atoms with van der Waals surface area (Å²) >= 11 is 0. The Morgan fingerprint density at radius 1 is 0.971 bits per heavy atom. The molecule has 0 bridgehead atoms. The van der Waals surface area contributed by atoms with Gasteiger partial charge in [-0.1, -0.05) is 54.6 Å². The lowest BCUT2D eigenvalue weighted by molar-refractivity contribution is -0.129. The molecular formula is C29H31N3O3. The number of hydrogen-bond acceptors (Lipinski definition) is 4. The standard InChI is InChI=1S/C29H31N3O3/c1-21(22-11-4-3-5-12-22)32-20-23(19-28(32)33)29-30-24-13-6-7-14-25(24)31(29)17-10-18-35-27-16-9-8-15-26(27)34-2/h3-9,11-16,21,23H,10,17-20H2,1-2H3. The van der Waals surface area contributed by atoms with Crippen molar-refractivity contribution in [3.05, 3.63) is 90.3 Å². The predicted octanol–water partition coefficient (Wildman–Crippen LogP) is 5.59. The van der Waals surface area contributed by atoms with Gasteiger partial charge in [0.2, 0.25) is 5.91 Å². The van der Waals surface area contributed by atoms with Gasteiger partial charge in [-0.3, -0.25) is 4.79 Å². The minimum atomic E-state index is 0.0424. The molecule has 1 amide bonds. The normalized spacial score (nSPS) is 16.6. The van der Waals surface area contributed by atoms with E-state index in [-0.39, 0.29) is 17.9 Å². The van der Waals surface area contributed by atoms with E-state index < -0.39 is 0 Å². The third-order valence-electron chi connectivity index (χ3n) is 6.81. The summed E-state index contributed by atoms with van der Waals surface area (Å²) in [6.07, 6.45) is 1.30. The van der Waals surface area contributed by atoms with Crippen LogP contribution in [0, 0.1) is 0 Å². The van der Waals surface area contributed by atoms with Gasteiger partial charge in [0.05, 0.1) is 30.8 Å². The van der Waals surface area contributed by atoms with Crippen molar-refractivity contribution in [3.8, 4) is 11.5 Å². The first-order valence-electron chi connectivity index (χ1n) is 12.2. The number of amides is 1. The van der Waals surface area contributed by atoms with Crippen LogP contribution in [0.5, 0.6) is 11.5 Å². The van der Waals surface area contributed by atoms with E-state index in [0.29, 0.717) is 19.6 Å². The summed E-state index contributed by atoms with van der Waals surface area (Å²) < 4.78 is 13.7. The Kier molecular flexibility index (Phi) is 6.70. The van der Waals surface area contributed by atoms with Crippen LogP contribution in [-0.2, 0) is 11.3 Å². The number of ether oxygens (including phenoxy) is 2. The Bertz CT molecular complexity index is 1300. The highest BCUT2D eigenvalue weighted by Crippen LogP contribution is 2.35. The van der Waals surface area contributed by atoms with E-state index in [1.807, 2.05) is 65.6 Å². The fraction of sp³-hybridized carbons (Fsp3) is 0.310. The Morgan fingerprint density at radius 3 is 2.49 bits per heavy atom. The van der Waals surface area contributed by atoms with E-state index in [2.05, 4.69) is 29.7 Å². The molecule has 35 heavy (non-hydrogen) atoms. The highest BCUT2D eigenvalue weighted by Gasteiger charge is 2.36. The zero-order valence-electron chi connectivity index (χ0n) is 20.3. The molecule has 2 unspecified atom stereocenters. The van der Waals surface area contributed by atoms with Crippen LogP contribution in [0.1, 0.15) is 43.1 Å². The number of para-hydroxylation sites is 4. The van der Waals surface area contributed by atoms with E-state index >= 15 is 0 Å². The van der Waals surface area contributed by atoms with E-state index in [1.165, 1.54) is 0 Å². The van der Waals surface area contributed by atoms with Crippen LogP contribution in [0.25, 0.3) is 11.0 Å². The molecule has 0 aliphatic carbocycles. The van der Waals surface area contributed by atoms with E-state index in [4.69, 9.17) is 14.5 Å². The Balaban J connectivity index is 1.33. The molecule has 4 aromatic rings. The van der Waals surface area contributed by atoms with Crippen LogP contribution in [-0.4, -0.2) is 40.6 Å². The number of carbonyl (C=O) groups is 1. The lowest BCUT2D eigenvalue weighted by Crippen LogP contribution is -2.28. The SMILES string of the molecule is COc1ccccc1OCCCn1c(C2CC(=O)N(C(C)c3ccccc3)C2)nc2ccccc21. The molecule has 2 atom stereocenters. The van der Waals surface area contributed by atoms with Gasteiger partial charge < -0.3 is 18.9 Å². The van der Waals surface area contributed by atoms with Crippen molar-refractivity contribution in [1.29, 1.82) is 0 Å². The molecule has 0 saturated carbocycles. The first-order valence-corrected chi connectivity index (χ1v) is 12.2. The molecule has 1 fully saturated rings. The molecule has 3 aromatic carbocycles. The maximum absolute atomic E-state index is 13.0. The average molecular weight is 470 g/mol. The van der Waals surface area contributed by atoms with Crippen molar-refractivity contribution in [2.75, 3.05) is 20.3 Å². The fourth-order valence-corrected chi connectivity index (χ4v) is 4.97. The summed E-state index contributed by atoms with van der Waals surface area (Å²) in [7, 11) is 1.65. The highest BCUT2D eigenvalue weighted by atomic mass is 16.5. The minimum Gasteiger partial charge on any atom is -0.493 e. The molecular weight excluding hydrogens is 438 g/mol. The second kappa shape index (κ2) is 10.2. The molecule has 0 spiro atoms. The molecule has 1 aliphatic rings. The molecule has 180 valence electrons. The molecule has 1 saturated heterocycles. The van der Waals surface area contributed by atoms with Crippen LogP contribution in [0.2, 0.25) is 0 Å². The van der Waals surface area contributed by atoms with Crippen LogP contribution >= 0.6 is 0 Å². The number of methoxy groups -OCH3 is 1. The number of aromatic nitrogens is 2. The average Bonchev–Trinajstić information content (AvgIpc) is 3.47. The van der Waals surface area contributed by atoms with Crippen molar-refractivity contribution in [3.63, 3.8) is 0 Å². The lowest BCUT2D eigenvalue weighted by atomic mass is 10.1. The molecule has 6 nitrogen and oxygen atoms in total. The largest absolute Gasteiger partial charge is 0.493 e. The van der Waals surface area contributed by atoms with Gasteiger partial charge in [0, 0.05) is 25.4 Å². The molecule has 5 rings (SSSR count). The number of carbonyl (C=O) groups excluding carboxylic acids is 1. The van der Waals surface area contributed by atoms with Gasteiger partial charge in [-0.05, 0) is 43.2 Å². The summed E-state index contributed by atoms with van der Waals surface area (Å²) in [5, 5.41) is 0. The smallest absolute Gasteiger partial charge is 0.223 e. The van der Waals surface area contributed by atoms with E-state index in [9.17, 15) is 4.79 Å². The number of rotatable bonds is 9. The summed E-state index contributed by atoms with van der Waals surface area (Å²) in [4.78, 5) is 20.0. The fourth-order valence-electron chi connectivity index (χ4n) is 4.97. The van der Waals surface area contributed by atoms with Crippen molar-refractivity contribution >= 4 is 16.9 Å². The molecule has 1 aromatic heterocycles. The third-order valence-corrected chi connectivity index (χ3v) is 6.81. The molecule has 0 N–H and O–H groups in total. The quantitative estimate of drug-likeness (QED) is 0.300. The summed E-state index contributed by atoms with van der Waals surface area (Å²) in [5.41, 5.74) is 3.22. The van der Waals surface area contributed by atoms with E-state index in [1.54, 1.807) is 7.11 Å². The summed E-state index contributed by atoms with van der Waals surface area (Å²) in [6.45, 7) is 4.11. The maximum Gasteiger partial charge on any atom is 0.223 e. The topological polar surface area (TPSA) is 56.6 Å². The number of aryl methyl sites for hydroxylation is 1. The molecule has 2 heterocycles. The van der Waals surface area contributed by atoms with Gasteiger partial charge >= 0.3 is 0 Å². The van der Waals surface area contributed by atoms with E-state index in [0.717, 1.165) is 46.9 Å². The molecule has 0 radical (unpaired) electrons. The van der Waals surface area contributed by atoms with Gasteiger partial charge in [0.1, 0.15) is 5.82 Å². The van der Waals surface area contributed by atoms with Crippen molar-refractivity contribution in [2.45, 2.75) is 38.3 Å². The number of imidazole rings is 1. The predicted molar refractivity (Wildman–Crippen MR) is 137 cm³/mol. The Morgan fingerprint density at radius 2 is 1.69 bits per heavy atom. The van der Waals surface area contributed by atoms with Crippen molar-refractivity contribution < 1.29 is 14.3 Å². The highest BCUT2D eigenvalue weighted by molar-refractivity contribution is 5.81. The first-order chi connectivity index (χ1) is 17.2. The van der Waals surface area contributed by atoms with Crippen molar-refractivity contribution in [1.82, 2.24) is 14.5 Å². The molecule has 6 heteroatoms. The Hall–Kier alpha value is -3.80. The van der Waals surface area contributed by atoms with Crippen LogP contribution in [0.4, 0.5) is 0 Å². The van der Waals surface area contributed by atoms with Crippen LogP contribution in [0.15, 0.2) is 78.9 Å². The zero-order chi connectivity index (χ0) is 24.2. The second-order valence-corrected chi connectivity index (χ2v) is 9.00. The first kappa shape index (κ1) is 23.0. The van der Waals surface area contributed by atoms with Crippen LogP contribution < -0.4 is 9.47 Å².